The predicted octanol–water partition coefficient (Wildman–Crippen LogP) is 1.73. The van der Waals surface area contributed by atoms with E-state index in [0.29, 0.717) is 15.7 Å². The number of halogens is 1. The summed E-state index contributed by atoms with van der Waals surface area (Å²) in [7, 11) is 1.71. The number of hydrogen-bond donors (Lipinski definition) is 2. The van der Waals surface area contributed by atoms with E-state index in [1.807, 2.05) is 0 Å². The summed E-state index contributed by atoms with van der Waals surface area (Å²) in [5.41, 5.74) is 6.54. The van der Waals surface area contributed by atoms with Crippen LogP contribution < -0.4 is 11.1 Å². The zero-order chi connectivity index (χ0) is 15.6. The van der Waals surface area contributed by atoms with Crippen molar-refractivity contribution in [3.8, 4) is 0 Å². The highest BCUT2D eigenvalue weighted by Crippen LogP contribution is 2.28. The number of carbonyl (C=O) groups excluding carboxylic acids is 1. The quantitative estimate of drug-likeness (QED) is 0.641. The van der Waals surface area contributed by atoms with Crippen molar-refractivity contribution in [3.05, 3.63) is 50.7 Å². The maximum absolute atomic E-state index is 12.0. The SMILES string of the molecule is Cn1cc(C(N)C(=O)Nc2ccc(Br)c([N+](=O)[O-])c2)cn1. The summed E-state index contributed by atoms with van der Waals surface area (Å²) in [4.78, 5) is 22.3. The highest BCUT2D eigenvalue weighted by atomic mass is 79.9. The van der Waals surface area contributed by atoms with Gasteiger partial charge >= 0.3 is 0 Å². The van der Waals surface area contributed by atoms with Crippen LogP contribution in [-0.4, -0.2) is 20.6 Å². The van der Waals surface area contributed by atoms with Crippen molar-refractivity contribution >= 4 is 33.2 Å². The first-order valence-electron chi connectivity index (χ1n) is 5.87. The minimum atomic E-state index is -0.901. The van der Waals surface area contributed by atoms with E-state index < -0.39 is 16.9 Å². The highest BCUT2D eigenvalue weighted by Gasteiger charge is 2.19. The molecule has 2 rings (SSSR count). The number of nitro groups is 1. The molecule has 2 aromatic rings. The molecule has 1 heterocycles. The number of carbonyl (C=O) groups is 1. The number of aryl methyl sites for hydroxylation is 1. The molecule has 8 nitrogen and oxygen atoms in total. The third-order valence-electron chi connectivity index (χ3n) is 2.78. The molecule has 21 heavy (non-hydrogen) atoms. The fraction of sp³-hybridized carbons (Fsp3) is 0.167. The van der Waals surface area contributed by atoms with Crippen LogP contribution in [0.5, 0.6) is 0 Å². The molecule has 1 amide bonds. The number of nitro benzene ring substituents is 1. The summed E-state index contributed by atoms with van der Waals surface area (Å²) in [6.07, 6.45) is 3.13. The number of amides is 1. The van der Waals surface area contributed by atoms with Gasteiger partial charge in [-0.25, -0.2) is 0 Å². The van der Waals surface area contributed by atoms with Crippen LogP contribution in [-0.2, 0) is 11.8 Å². The van der Waals surface area contributed by atoms with E-state index in [2.05, 4.69) is 26.3 Å². The van der Waals surface area contributed by atoms with Gasteiger partial charge in [0.25, 0.3) is 5.69 Å². The van der Waals surface area contributed by atoms with Crippen molar-refractivity contribution in [2.24, 2.45) is 12.8 Å². The van der Waals surface area contributed by atoms with Crippen molar-refractivity contribution in [1.82, 2.24) is 9.78 Å². The summed E-state index contributed by atoms with van der Waals surface area (Å²) < 4.78 is 1.87. The van der Waals surface area contributed by atoms with Gasteiger partial charge in [0.1, 0.15) is 6.04 Å². The Hall–Kier alpha value is -2.26. The fourth-order valence-electron chi connectivity index (χ4n) is 1.70. The Kier molecular flexibility index (Phi) is 4.34. The number of anilines is 1. The van der Waals surface area contributed by atoms with Gasteiger partial charge in [0.2, 0.25) is 5.91 Å². The van der Waals surface area contributed by atoms with Crippen molar-refractivity contribution in [1.29, 1.82) is 0 Å². The number of nitrogens with zero attached hydrogens (tertiary/aromatic N) is 3. The van der Waals surface area contributed by atoms with Crippen LogP contribution in [0.1, 0.15) is 11.6 Å². The van der Waals surface area contributed by atoms with Crippen molar-refractivity contribution < 1.29 is 9.72 Å². The number of aromatic nitrogens is 2. The molecule has 1 atom stereocenters. The van der Waals surface area contributed by atoms with Crippen LogP contribution in [0, 0.1) is 10.1 Å². The van der Waals surface area contributed by atoms with Gasteiger partial charge in [-0.3, -0.25) is 19.6 Å². The number of nitrogens with two attached hydrogens (primary N) is 1. The van der Waals surface area contributed by atoms with Gasteiger partial charge in [0.15, 0.2) is 0 Å². The number of nitrogens with one attached hydrogen (secondary N) is 1. The van der Waals surface area contributed by atoms with E-state index in [1.165, 1.54) is 23.0 Å². The number of benzene rings is 1. The molecule has 110 valence electrons. The first kappa shape index (κ1) is 15.1. The molecule has 0 aliphatic heterocycles. The number of hydrogen-bond acceptors (Lipinski definition) is 5. The topological polar surface area (TPSA) is 116 Å². The Labute approximate surface area is 128 Å². The smallest absolute Gasteiger partial charge is 0.285 e. The van der Waals surface area contributed by atoms with Crippen molar-refractivity contribution in [2.75, 3.05) is 5.32 Å². The molecule has 0 spiro atoms. The molecule has 3 N–H and O–H groups in total. The van der Waals surface area contributed by atoms with E-state index in [1.54, 1.807) is 19.3 Å². The summed E-state index contributed by atoms with van der Waals surface area (Å²) in [6.45, 7) is 0. The predicted molar refractivity (Wildman–Crippen MR) is 79.6 cm³/mol. The van der Waals surface area contributed by atoms with Crippen LogP contribution in [0.15, 0.2) is 35.1 Å². The van der Waals surface area contributed by atoms with E-state index >= 15 is 0 Å². The molecule has 0 saturated heterocycles. The molecule has 1 unspecified atom stereocenters. The van der Waals surface area contributed by atoms with E-state index in [-0.39, 0.29) is 5.69 Å². The Bertz CT molecular complexity index is 700. The first-order valence-corrected chi connectivity index (χ1v) is 6.66. The van der Waals surface area contributed by atoms with Crippen molar-refractivity contribution in [3.63, 3.8) is 0 Å². The van der Waals surface area contributed by atoms with E-state index in [9.17, 15) is 14.9 Å². The normalized spacial score (nSPS) is 12.0. The lowest BCUT2D eigenvalue weighted by atomic mass is 10.1. The summed E-state index contributed by atoms with van der Waals surface area (Å²) in [5.74, 6) is -0.473. The zero-order valence-electron chi connectivity index (χ0n) is 11.0. The van der Waals surface area contributed by atoms with Crippen LogP contribution >= 0.6 is 15.9 Å². The fourth-order valence-corrected chi connectivity index (χ4v) is 2.09. The third-order valence-corrected chi connectivity index (χ3v) is 3.45. The molecule has 0 aliphatic carbocycles. The van der Waals surface area contributed by atoms with Crippen LogP contribution in [0.3, 0.4) is 0 Å². The molecule has 0 fully saturated rings. The third kappa shape index (κ3) is 3.44. The molecule has 0 saturated carbocycles. The van der Waals surface area contributed by atoms with Gasteiger partial charge in [-0.2, -0.15) is 5.10 Å². The Morgan fingerprint density at radius 1 is 1.57 bits per heavy atom. The van der Waals surface area contributed by atoms with Gasteiger partial charge in [0.05, 0.1) is 15.6 Å². The lowest BCUT2D eigenvalue weighted by Gasteiger charge is -2.10. The molecular formula is C12H12BrN5O3. The second kappa shape index (κ2) is 6.02. The van der Waals surface area contributed by atoms with Crippen LogP contribution in [0.2, 0.25) is 0 Å². The molecule has 9 heteroatoms. The monoisotopic (exact) mass is 353 g/mol. The molecule has 0 aliphatic rings. The Balaban J connectivity index is 2.16. The average Bonchev–Trinajstić information content (AvgIpc) is 2.86. The lowest BCUT2D eigenvalue weighted by molar-refractivity contribution is -0.385. The molecule has 0 radical (unpaired) electrons. The number of rotatable bonds is 4. The zero-order valence-corrected chi connectivity index (χ0v) is 12.6. The first-order chi connectivity index (χ1) is 9.88. The maximum Gasteiger partial charge on any atom is 0.285 e. The standard InChI is InChI=1S/C12H12BrN5O3/c1-17-6-7(5-15-17)11(14)12(19)16-8-2-3-9(13)10(4-8)18(20)21/h2-6,11H,14H2,1H3,(H,16,19). The van der Waals surface area contributed by atoms with Gasteiger partial charge in [-0.05, 0) is 28.1 Å². The maximum atomic E-state index is 12.0. The summed E-state index contributed by atoms with van der Waals surface area (Å²) in [6, 6.07) is 3.40. The molecular weight excluding hydrogens is 342 g/mol. The largest absolute Gasteiger partial charge is 0.324 e. The van der Waals surface area contributed by atoms with Gasteiger partial charge in [0, 0.05) is 30.6 Å². The molecule has 0 bridgehead atoms. The minimum absolute atomic E-state index is 0.136. The average molecular weight is 354 g/mol. The molecule has 1 aromatic carbocycles. The summed E-state index contributed by atoms with van der Waals surface area (Å²) >= 11 is 3.08. The summed E-state index contributed by atoms with van der Waals surface area (Å²) in [5, 5.41) is 17.3. The van der Waals surface area contributed by atoms with E-state index in [4.69, 9.17) is 5.73 Å². The second-order valence-electron chi connectivity index (χ2n) is 4.34. The van der Waals surface area contributed by atoms with Gasteiger partial charge < -0.3 is 11.1 Å². The second-order valence-corrected chi connectivity index (χ2v) is 5.19. The van der Waals surface area contributed by atoms with Gasteiger partial charge in [-0.15, -0.1) is 0 Å². The van der Waals surface area contributed by atoms with E-state index in [0.717, 1.165) is 0 Å². The Morgan fingerprint density at radius 2 is 2.29 bits per heavy atom. The van der Waals surface area contributed by atoms with Crippen LogP contribution in [0.25, 0.3) is 0 Å². The van der Waals surface area contributed by atoms with Crippen LogP contribution in [0.4, 0.5) is 11.4 Å². The molecule has 1 aromatic heterocycles. The highest BCUT2D eigenvalue weighted by molar-refractivity contribution is 9.10. The van der Waals surface area contributed by atoms with Crippen molar-refractivity contribution in [2.45, 2.75) is 6.04 Å². The minimum Gasteiger partial charge on any atom is -0.324 e. The Morgan fingerprint density at radius 3 is 2.86 bits per heavy atom. The van der Waals surface area contributed by atoms with Gasteiger partial charge in [-0.1, -0.05) is 0 Å². The lowest BCUT2D eigenvalue weighted by Crippen LogP contribution is -2.27.